The van der Waals surface area contributed by atoms with Gasteiger partial charge in [-0.15, -0.1) is 0 Å². The zero-order valence-electron chi connectivity index (χ0n) is 13.1. The molecule has 2 aromatic rings. The van der Waals surface area contributed by atoms with Crippen molar-refractivity contribution in [1.82, 2.24) is 5.32 Å². The zero-order valence-corrected chi connectivity index (χ0v) is 13.1. The fourth-order valence-electron chi connectivity index (χ4n) is 2.45. The van der Waals surface area contributed by atoms with Crippen molar-refractivity contribution >= 4 is 0 Å². The van der Waals surface area contributed by atoms with Gasteiger partial charge in [-0.2, -0.15) is 0 Å². The average Bonchev–Trinajstić information content (AvgIpc) is 2.50. The number of aryl methyl sites for hydroxylation is 1. The third kappa shape index (κ3) is 4.91. The molecule has 0 aromatic heterocycles. The molecular formula is C19H25NO. The summed E-state index contributed by atoms with van der Waals surface area (Å²) in [6, 6.07) is 17.0. The Balaban J connectivity index is 2.02. The monoisotopic (exact) mass is 283 g/mol. The van der Waals surface area contributed by atoms with Crippen molar-refractivity contribution in [2.75, 3.05) is 20.2 Å². The molecule has 0 saturated heterocycles. The highest BCUT2D eigenvalue weighted by Crippen LogP contribution is 2.26. The molecule has 0 amide bonds. The van der Waals surface area contributed by atoms with E-state index in [4.69, 9.17) is 4.74 Å². The lowest BCUT2D eigenvalue weighted by Gasteiger charge is -2.14. The van der Waals surface area contributed by atoms with Crippen LogP contribution in [0.25, 0.3) is 0 Å². The average molecular weight is 283 g/mol. The molecule has 0 spiro atoms. The summed E-state index contributed by atoms with van der Waals surface area (Å²) in [4.78, 5) is 0. The first kappa shape index (κ1) is 15.6. The lowest BCUT2D eigenvalue weighted by Crippen LogP contribution is -2.10. The normalized spacial score (nSPS) is 10.6. The Morgan fingerprint density at radius 3 is 2.52 bits per heavy atom. The van der Waals surface area contributed by atoms with E-state index in [0.717, 1.165) is 38.2 Å². The molecule has 0 aliphatic carbocycles. The van der Waals surface area contributed by atoms with Gasteiger partial charge >= 0.3 is 0 Å². The van der Waals surface area contributed by atoms with E-state index in [1.165, 1.54) is 16.7 Å². The van der Waals surface area contributed by atoms with Crippen LogP contribution < -0.4 is 10.1 Å². The number of ether oxygens (including phenoxy) is 1. The highest BCUT2D eigenvalue weighted by atomic mass is 16.5. The predicted molar refractivity (Wildman–Crippen MR) is 89.1 cm³/mol. The molecule has 2 aromatic carbocycles. The molecule has 0 unspecified atom stereocenters. The number of benzene rings is 2. The summed E-state index contributed by atoms with van der Waals surface area (Å²) < 4.78 is 6.06. The fraction of sp³-hybridized carbons (Fsp3) is 0.368. The molecule has 1 N–H and O–H groups in total. The first-order valence-electron chi connectivity index (χ1n) is 7.71. The predicted octanol–water partition coefficient (Wildman–Crippen LogP) is 3.96. The van der Waals surface area contributed by atoms with Crippen LogP contribution >= 0.6 is 0 Å². The van der Waals surface area contributed by atoms with E-state index in [1.54, 1.807) is 0 Å². The Bertz CT molecular complexity index is 537. The molecule has 0 radical (unpaired) electrons. The van der Waals surface area contributed by atoms with Crippen LogP contribution in [0.2, 0.25) is 0 Å². The molecule has 0 fully saturated rings. The van der Waals surface area contributed by atoms with Crippen LogP contribution in [-0.4, -0.2) is 20.2 Å². The van der Waals surface area contributed by atoms with Gasteiger partial charge in [0, 0.05) is 6.42 Å². The molecule has 0 aliphatic rings. The Morgan fingerprint density at radius 1 is 0.952 bits per heavy atom. The minimum absolute atomic E-state index is 0.786. The second-order valence-corrected chi connectivity index (χ2v) is 5.38. The number of rotatable bonds is 8. The van der Waals surface area contributed by atoms with E-state index in [0.29, 0.717) is 0 Å². The van der Waals surface area contributed by atoms with Crippen molar-refractivity contribution in [2.45, 2.75) is 26.2 Å². The Labute approximate surface area is 128 Å². The fourth-order valence-corrected chi connectivity index (χ4v) is 2.45. The molecule has 21 heavy (non-hydrogen) atoms. The summed E-state index contributed by atoms with van der Waals surface area (Å²) >= 11 is 0. The van der Waals surface area contributed by atoms with E-state index < -0.39 is 0 Å². The number of hydrogen-bond acceptors (Lipinski definition) is 2. The minimum Gasteiger partial charge on any atom is -0.493 e. The van der Waals surface area contributed by atoms with E-state index in [2.05, 4.69) is 60.8 Å². The quantitative estimate of drug-likeness (QED) is 0.740. The van der Waals surface area contributed by atoms with Crippen LogP contribution in [0.4, 0.5) is 0 Å². The van der Waals surface area contributed by atoms with Crippen LogP contribution in [0.15, 0.2) is 48.5 Å². The van der Waals surface area contributed by atoms with Gasteiger partial charge in [0.25, 0.3) is 0 Å². The van der Waals surface area contributed by atoms with Gasteiger partial charge in [-0.05, 0) is 50.0 Å². The van der Waals surface area contributed by atoms with Gasteiger partial charge < -0.3 is 10.1 Å². The van der Waals surface area contributed by atoms with Crippen LogP contribution in [0.3, 0.4) is 0 Å². The van der Waals surface area contributed by atoms with Crippen LogP contribution in [0.5, 0.6) is 5.75 Å². The maximum Gasteiger partial charge on any atom is 0.125 e. The summed E-state index contributed by atoms with van der Waals surface area (Å²) in [7, 11) is 1.99. The van der Waals surface area contributed by atoms with Gasteiger partial charge in [0.05, 0.1) is 6.61 Å². The number of hydrogen-bond donors (Lipinski definition) is 1. The maximum absolute atomic E-state index is 6.06. The summed E-state index contributed by atoms with van der Waals surface area (Å²) in [6.45, 7) is 3.96. The first-order chi connectivity index (χ1) is 10.3. The van der Waals surface area contributed by atoms with Gasteiger partial charge in [-0.3, -0.25) is 0 Å². The van der Waals surface area contributed by atoms with Gasteiger partial charge in [-0.1, -0.05) is 48.5 Å². The third-order valence-corrected chi connectivity index (χ3v) is 3.60. The minimum atomic E-state index is 0.786. The number of para-hydroxylation sites is 1. The molecule has 0 bridgehead atoms. The first-order valence-corrected chi connectivity index (χ1v) is 7.71. The molecule has 112 valence electrons. The summed E-state index contributed by atoms with van der Waals surface area (Å²) in [5, 5.41) is 3.17. The van der Waals surface area contributed by atoms with Crippen LogP contribution in [0.1, 0.15) is 29.5 Å². The zero-order chi connectivity index (χ0) is 14.9. The molecule has 0 saturated carbocycles. The Kier molecular flexibility index (Phi) is 6.29. The molecule has 0 aliphatic heterocycles. The number of unbranched alkanes of at least 4 members (excludes halogenated alkanes) is 1. The van der Waals surface area contributed by atoms with Gasteiger partial charge in [0.1, 0.15) is 5.75 Å². The summed E-state index contributed by atoms with van der Waals surface area (Å²) in [5.74, 6) is 1.06. The molecule has 2 nitrogen and oxygen atoms in total. The molecule has 0 atom stereocenters. The second kappa shape index (κ2) is 8.48. The van der Waals surface area contributed by atoms with E-state index >= 15 is 0 Å². The van der Waals surface area contributed by atoms with Gasteiger partial charge in [0.15, 0.2) is 0 Å². The van der Waals surface area contributed by atoms with E-state index in [9.17, 15) is 0 Å². The lowest BCUT2D eigenvalue weighted by atomic mass is 10.0. The van der Waals surface area contributed by atoms with E-state index in [-0.39, 0.29) is 0 Å². The van der Waals surface area contributed by atoms with Crippen LogP contribution in [0, 0.1) is 6.92 Å². The van der Waals surface area contributed by atoms with Crippen molar-refractivity contribution in [3.63, 3.8) is 0 Å². The van der Waals surface area contributed by atoms with E-state index in [1.807, 2.05) is 7.05 Å². The SMILES string of the molecule is CNCCCCOc1c(C)cccc1Cc1ccccc1. The topological polar surface area (TPSA) is 21.3 Å². The van der Waals surface area contributed by atoms with Crippen molar-refractivity contribution in [2.24, 2.45) is 0 Å². The molecule has 2 rings (SSSR count). The van der Waals surface area contributed by atoms with Crippen molar-refractivity contribution in [3.8, 4) is 5.75 Å². The lowest BCUT2D eigenvalue weighted by molar-refractivity contribution is 0.302. The van der Waals surface area contributed by atoms with Crippen molar-refractivity contribution < 1.29 is 4.74 Å². The van der Waals surface area contributed by atoms with Crippen molar-refractivity contribution in [3.05, 3.63) is 65.2 Å². The largest absolute Gasteiger partial charge is 0.493 e. The van der Waals surface area contributed by atoms with Gasteiger partial charge in [-0.25, -0.2) is 0 Å². The second-order valence-electron chi connectivity index (χ2n) is 5.38. The van der Waals surface area contributed by atoms with Crippen molar-refractivity contribution in [1.29, 1.82) is 0 Å². The highest BCUT2D eigenvalue weighted by molar-refractivity contribution is 5.43. The number of nitrogens with one attached hydrogen (secondary N) is 1. The van der Waals surface area contributed by atoms with Gasteiger partial charge in [0.2, 0.25) is 0 Å². The standard InChI is InChI=1S/C19H25NO/c1-16-9-8-12-18(15-17-10-4-3-5-11-17)19(16)21-14-7-6-13-20-2/h3-5,8-12,20H,6-7,13-15H2,1-2H3. The Hall–Kier alpha value is -1.80. The third-order valence-electron chi connectivity index (χ3n) is 3.60. The Morgan fingerprint density at radius 2 is 1.76 bits per heavy atom. The summed E-state index contributed by atoms with van der Waals surface area (Å²) in [5.41, 5.74) is 3.81. The highest BCUT2D eigenvalue weighted by Gasteiger charge is 2.07. The van der Waals surface area contributed by atoms with Crippen LogP contribution in [-0.2, 0) is 6.42 Å². The molecule has 0 heterocycles. The maximum atomic E-state index is 6.06. The summed E-state index contributed by atoms with van der Waals surface area (Å²) in [6.07, 6.45) is 3.16. The molecule has 2 heteroatoms. The molecular weight excluding hydrogens is 258 g/mol. The smallest absolute Gasteiger partial charge is 0.125 e.